The number of para-hydroxylation sites is 1. The molecule has 21 heavy (non-hydrogen) atoms. The van der Waals surface area contributed by atoms with Crippen molar-refractivity contribution in [2.45, 2.75) is 39.0 Å². The van der Waals surface area contributed by atoms with E-state index < -0.39 is 0 Å². The highest BCUT2D eigenvalue weighted by atomic mass is 16.1. The van der Waals surface area contributed by atoms with Crippen molar-refractivity contribution in [3.05, 3.63) is 23.8 Å². The van der Waals surface area contributed by atoms with Crippen molar-refractivity contribution in [2.24, 2.45) is 29.6 Å². The Morgan fingerprint density at radius 3 is 2.29 bits per heavy atom. The molecule has 4 fully saturated rings. The molecule has 4 aliphatic carbocycles. The van der Waals surface area contributed by atoms with E-state index >= 15 is 0 Å². The minimum atomic E-state index is 0.213. The second-order valence-corrected chi connectivity index (χ2v) is 7.48. The summed E-state index contributed by atoms with van der Waals surface area (Å²) in [7, 11) is 0. The third kappa shape index (κ3) is 2.14. The smallest absolute Gasteiger partial charge is 0.228 e. The molecule has 0 spiro atoms. The van der Waals surface area contributed by atoms with Crippen LogP contribution in [0.15, 0.2) is 18.2 Å². The van der Waals surface area contributed by atoms with E-state index in [1.807, 2.05) is 25.1 Å². The molecule has 3 N–H and O–H groups in total. The van der Waals surface area contributed by atoms with Gasteiger partial charge < -0.3 is 11.1 Å². The molecule has 5 rings (SSSR count). The van der Waals surface area contributed by atoms with E-state index in [1.165, 1.54) is 32.1 Å². The van der Waals surface area contributed by atoms with E-state index in [9.17, 15) is 4.79 Å². The lowest BCUT2D eigenvalue weighted by molar-refractivity contribution is -0.132. The Hall–Kier alpha value is -1.51. The average Bonchev–Trinajstić information content (AvgIpc) is 2.42. The molecular formula is C18H24N2O. The van der Waals surface area contributed by atoms with Crippen LogP contribution in [0.2, 0.25) is 0 Å². The summed E-state index contributed by atoms with van der Waals surface area (Å²) in [6.45, 7) is 2.00. The number of hydrogen-bond donors (Lipinski definition) is 2. The number of nitrogen functional groups attached to an aromatic ring is 1. The van der Waals surface area contributed by atoms with Gasteiger partial charge in [-0.3, -0.25) is 4.79 Å². The third-order valence-corrected chi connectivity index (χ3v) is 6.08. The minimum absolute atomic E-state index is 0.213. The largest absolute Gasteiger partial charge is 0.397 e. The zero-order chi connectivity index (χ0) is 14.6. The molecule has 1 amide bonds. The Morgan fingerprint density at radius 1 is 1.10 bits per heavy atom. The van der Waals surface area contributed by atoms with Crippen LogP contribution in [0.4, 0.5) is 11.4 Å². The van der Waals surface area contributed by atoms with Crippen molar-refractivity contribution in [3.8, 4) is 0 Å². The van der Waals surface area contributed by atoms with Crippen molar-refractivity contribution >= 4 is 17.3 Å². The van der Waals surface area contributed by atoms with Gasteiger partial charge in [0.25, 0.3) is 0 Å². The predicted molar refractivity (Wildman–Crippen MR) is 84.8 cm³/mol. The van der Waals surface area contributed by atoms with Gasteiger partial charge in [0.2, 0.25) is 5.91 Å². The summed E-state index contributed by atoms with van der Waals surface area (Å²) in [5.74, 6) is 3.47. The highest BCUT2D eigenvalue weighted by Gasteiger charge is 2.50. The molecule has 0 atom stereocenters. The summed E-state index contributed by atoms with van der Waals surface area (Å²) in [6, 6.07) is 5.80. The van der Waals surface area contributed by atoms with Gasteiger partial charge in [-0.2, -0.15) is 0 Å². The van der Waals surface area contributed by atoms with Crippen molar-refractivity contribution in [3.63, 3.8) is 0 Å². The second-order valence-electron chi connectivity index (χ2n) is 7.48. The van der Waals surface area contributed by atoms with E-state index in [4.69, 9.17) is 5.73 Å². The van der Waals surface area contributed by atoms with E-state index in [0.717, 1.165) is 23.1 Å². The Labute approximate surface area is 126 Å². The lowest BCUT2D eigenvalue weighted by Gasteiger charge is -2.53. The van der Waals surface area contributed by atoms with Crippen molar-refractivity contribution < 1.29 is 4.79 Å². The molecule has 0 aromatic heterocycles. The normalized spacial score (nSPS) is 36.7. The summed E-state index contributed by atoms with van der Waals surface area (Å²) in [4.78, 5) is 12.8. The lowest BCUT2D eigenvalue weighted by atomic mass is 9.51. The fraction of sp³-hybridized carbons (Fsp3) is 0.611. The van der Waals surface area contributed by atoms with Gasteiger partial charge in [0.15, 0.2) is 0 Å². The summed E-state index contributed by atoms with van der Waals surface area (Å²) in [6.07, 6.45) is 6.51. The average molecular weight is 284 g/mol. The molecule has 0 radical (unpaired) electrons. The second kappa shape index (κ2) is 4.75. The first-order valence-corrected chi connectivity index (χ1v) is 8.27. The van der Waals surface area contributed by atoms with Gasteiger partial charge in [0.1, 0.15) is 0 Å². The number of carbonyl (C=O) groups is 1. The minimum Gasteiger partial charge on any atom is -0.397 e. The van der Waals surface area contributed by atoms with E-state index in [2.05, 4.69) is 5.32 Å². The number of nitrogens with one attached hydrogen (secondary N) is 1. The summed E-state index contributed by atoms with van der Waals surface area (Å²) < 4.78 is 0. The molecular weight excluding hydrogens is 260 g/mol. The highest BCUT2D eigenvalue weighted by molar-refractivity contribution is 5.96. The van der Waals surface area contributed by atoms with Crippen LogP contribution in [0.3, 0.4) is 0 Å². The molecule has 4 saturated carbocycles. The Bertz CT molecular complexity index is 532. The number of nitrogens with two attached hydrogens (primary N) is 1. The summed E-state index contributed by atoms with van der Waals surface area (Å²) in [5, 5.41) is 3.14. The maximum atomic E-state index is 12.8. The fourth-order valence-electron chi connectivity index (χ4n) is 5.42. The number of amides is 1. The van der Waals surface area contributed by atoms with Crippen LogP contribution >= 0.6 is 0 Å². The summed E-state index contributed by atoms with van der Waals surface area (Å²) >= 11 is 0. The Kier molecular flexibility index (Phi) is 2.98. The van der Waals surface area contributed by atoms with Gasteiger partial charge >= 0.3 is 0 Å². The van der Waals surface area contributed by atoms with Gasteiger partial charge in [0, 0.05) is 5.92 Å². The lowest BCUT2D eigenvalue weighted by Crippen LogP contribution is -2.49. The topological polar surface area (TPSA) is 55.1 Å². The summed E-state index contributed by atoms with van der Waals surface area (Å²) in [5.41, 5.74) is 8.57. The van der Waals surface area contributed by atoms with Crippen LogP contribution in [0, 0.1) is 36.5 Å². The number of rotatable bonds is 2. The van der Waals surface area contributed by atoms with Crippen LogP contribution in [0.25, 0.3) is 0 Å². The van der Waals surface area contributed by atoms with E-state index in [-0.39, 0.29) is 11.8 Å². The van der Waals surface area contributed by atoms with Gasteiger partial charge in [-0.25, -0.2) is 0 Å². The van der Waals surface area contributed by atoms with Gasteiger partial charge in [-0.15, -0.1) is 0 Å². The SMILES string of the molecule is Cc1cccc(N)c1NC(=O)C1C2CC3CC(C2)CC1C3. The van der Waals surface area contributed by atoms with Crippen LogP contribution < -0.4 is 11.1 Å². The molecule has 0 heterocycles. The predicted octanol–water partition coefficient (Wildman–Crippen LogP) is 3.59. The van der Waals surface area contributed by atoms with Crippen LogP contribution in [-0.2, 0) is 4.79 Å². The number of hydrogen-bond acceptors (Lipinski definition) is 2. The van der Waals surface area contributed by atoms with Crippen molar-refractivity contribution in [2.75, 3.05) is 11.1 Å². The maximum Gasteiger partial charge on any atom is 0.228 e. The number of carbonyl (C=O) groups excluding carboxylic acids is 1. The van der Waals surface area contributed by atoms with E-state index in [0.29, 0.717) is 17.5 Å². The van der Waals surface area contributed by atoms with E-state index in [1.54, 1.807) is 0 Å². The molecule has 3 nitrogen and oxygen atoms in total. The monoisotopic (exact) mass is 284 g/mol. The van der Waals surface area contributed by atoms with Gasteiger partial charge in [0.05, 0.1) is 11.4 Å². The van der Waals surface area contributed by atoms with Crippen LogP contribution in [0.5, 0.6) is 0 Å². The molecule has 0 aliphatic heterocycles. The molecule has 3 heteroatoms. The molecule has 0 unspecified atom stereocenters. The third-order valence-electron chi connectivity index (χ3n) is 6.08. The van der Waals surface area contributed by atoms with Crippen LogP contribution in [-0.4, -0.2) is 5.91 Å². The van der Waals surface area contributed by atoms with Gasteiger partial charge in [-0.1, -0.05) is 12.1 Å². The molecule has 4 bridgehead atoms. The standard InChI is InChI=1S/C18H24N2O/c1-10-3-2-4-15(19)17(10)20-18(21)16-13-6-11-5-12(8-13)9-14(16)7-11/h2-4,11-14,16H,5-9,19H2,1H3,(H,20,21). The quantitative estimate of drug-likeness (QED) is 0.815. The fourth-order valence-corrected chi connectivity index (χ4v) is 5.42. The first-order chi connectivity index (χ1) is 10.1. The van der Waals surface area contributed by atoms with Crippen molar-refractivity contribution in [1.29, 1.82) is 0 Å². The molecule has 112 valence electrons. The Morgan fingerprint density at radius 2 is 1.71 bits per heavy atom. The molecule has 1 aromatic carbocycles. The molecule has 4 aliphatic rings. The number of anilines is 2. The maximum absolute atomic E-state index is 12.8. The zero-order valence-corrected chi connectivity index (χ0v) is 12.6. The number of benzene rings is 1. The van der Waals surface area contributed by atoms with Gasteiger partial charge in [-0.05, 0) is 74.3 Å². The molecule has 0 saturated heterocycles. The first kappa shape index (κ1) is 13.2. The van der Waals surface area contributed by atoms with Crippen LogP contribution in [0.1, 0.15) is 37.7 Å². The Balaban J connectivity index is 1.55. The molecule has 1 aromatic rings. The number of aryl methyl sites for hydroxylation is 1. The zero-order valence-electron chi connectivity index (χ0n) is 12.6. The van der Waals surface area contributed by atoms with Crippen molar-refractivity contribution in [1.82, 2.24) is 0 Å². The first-order valence-electron chi connectivity index (χ1n) is 8.27. The highest BCUT2D eigenvalue weighted by Crippen LogP contribution is 2.56.